The third-order valence-corrected chi connectivity index (χ3v) is 6.66. The highest BCUT2D eigenvalue weighted by molar-refractivity contribution is 9.10. The van der Waals surface area contributed by atoms with Crippen LogP contribution in [0.4, 0.5) is 10.1 Å². The zero-order valence-electron chi connectivity index (χ0n) is 10.9. The Labute approximate surface area is 130 Å². The second kappa shape index (κ2) is 6.21. The van der Waals surface area contributed by atoms with E-state index in [0.717, 1.165) is 25.3 Å². The molecule has 20 heavy (non-hydrogen) atoms. The molecule has 0 saturated heterocycles. The highest BCUT2D eigenvalue weighted by Gasteiger charge is 2.29. The van der Waals surface area contributed by atoms with Crippen LogP contribution >= 0.6 is 27.7 Å². The van der Waals surface area contributed by atoms with Crippen LogP contribution in [-0.2, 0) is 10.0 Å². The molecule has 0 amide bonds. The maximum absolute atomic E-state index is 13.3. The molecular formula is C12H16BrFN2O2S2. The summed E-state index contributed by atoms with van der Waals surface area (Å²) < 4.78 is 40.7. The number of sulfonamides is 1. The van der Waals surface area contributed by atoms with Gasteiger partial charge in [-0.05, 0) is 53.6 Å². The first-order valence-electron chi connectivity index (χ1n) is 6.13. The molecule has 1 saturated carbocycles. The quantitative estimate of drug-likeness (QED) is 0.785. The van der Waals surface area contributed by atoms with Crippen molar-refractivity contribution >= 4 is 43.4 Å². The second-order valence-electron chi connectivity index (χ2n) is 4.79. The van der Waals surface area contributed by atoms with Crippen LogP contribution in [0.2, 0.25) is 0 Å². The molecule has 3 N–H and O–H groups in total. The molecular weight excluding hydrogens is 367 g/mol. The highest BCUT2D eigenvalue weighted by atomic mass is 79.9. The first-order chi connectivity index (χ1) is 9.33. The number of nitrogens with two attached hydrogens (primary N) is 1. The molecule has 0 heterocycles. The lowest BCUT2D eigenvalue weighted by Crippen LogP contribution is -2.33. The number of halogens is 2. The van der Waals surface area contributed by atoms with Gasteiger partial charge in [0, 0.05) is 11.3 Å². The molecule has 4 nitrogen and oxygen atoms in total. The van der Waals surface area contributed by atoms with E-state index in [0.29, 0.717) is 5.25 Å². The summed E-state index contributed by atoms with van der Waals surface area (Å²) in [6.45, 7) is 0. The van der Waals surface area contributed by atoms with Crippen molar-refractivity contribution < 1.29 is 12.8 Å². The topological polar surface area (TPSA) is 72.2 Å². The molecule has 1 aliphatic rings. The van der Waals surface area contributed by atoms with Crippen LogP contribution in [0.15, 0.2) is 21.5 Å². The lowest BCUT2D eigenvalue weighted by Gasteiger charge is -2.15. The SMILES string of the molecule is CSC1CCC(NS(=O)(=O)c2cc(Br)c(F)cc2N)C1. The number of rotatable bonds is 4. The smallest absolute Gasteiger partial charge is 0.242 e. The van der Waals surface area contributed by atoms with Crippen LogP contribution in [0.5, 0.6) is 0 Å². The van der Waals surface area contributed by atoms with Crippen molar-refractivity contribution in [3.63, 3.8) is 0 Å². The molecule has 8 heteroatoms. The van der Waals surface area contributed by atoms with Crippen molar-refractivity contribution in [1.82, 2.24) is 4.72 Å². The van der Waals surface area contributed by atoms with Gasteiger partial charge < -0.3 is 5.73 Å². The van der Waals surface area contributed by atoms with Crippen molar-refractivity contribution in [2.75, 3.05) is 12.0 Å². The van der Waals surface area contributed by atoms with Gasteiger partial charge in [-0.25, -0.2) is 17.5 Å². The number of nitrogen functional groups attached to an aromatic ring is 1. The summed E-state index contributed by atoms with van der Waals surface area (Å²) in [7, 11) is -3.73. The van der Waals surface area contributed by atoms with Gasteiger partial charge in [-0.1, -0.05) is 0 Å². The van der Waals surface area contributed by atoms with E-state index in [-0.39, 0.29) is 21.1 Å². The fraction of sp³-hybridized carbons (Fsp3) is 0.500. The Morgan fingerprint density at radius 2 is 2.15 bits per heavy atom. The fourth-order valence-corrected chi connectivity index (χ4v) is 5.03. The Balaban J connectivity index is 2.21. The Hall–Kier alpha value is -0.310. The largest absolute Gasteiger partial charge is 0.398 e. The summed E-state index contributed by atoms with van der Waals surface area (Å²) in [5.74, 6) is -0.579. The van der Waals surface area contributed by atoms with E-state index in [1.807, 2.05) is 6.26 Å². The molecule has 1 aromatic carbocycles. The van der Waals surface area contributed by atoms with E-state index >= 15 is 0 Å². The predicted molar refractivity (Wildman–Crippen MR) is 83.8 cm³/mol. The Morgan fingerprint density at radius 1 is 1.45 bits per heavy atom. The number of anilines is 1. The molecule has 1 aliphatic carbocycles. The van der Waals surface area contributed by atoms with Crippen molar-refractivity contribution in [3.05, 3.63) is 22.4 Å². The van der Waals surface area contributed by atoms with Crippen molar-refractivity contribution in [1.29, 1.82) is 0 Å². The van der Waals surface area contributed by atoms with E-state index in [1.165, 1.54) is 6.07 Å². The van der Waals surface area contributed by atoms with Crippen molar-refractivity contribution in [2.45, 2.75) is 35.4 Å². The molecule has 112 valence electrons. The third-order valence-electron chi connectivity index (χ3n) is 3.38. The minimum absolute atomic E-state index is 0.0827. The average molecular weight is 383 g/mol. The molecule has 1 aromatic rings. The molecule has 2 rings (SSSR count). The Kier molecular flexibility index (Phi) is 4.99. The highest BCUT2D eigenvalue weighted by Crippen LogP contribution is 2.31. The standard InChI is InChI=1S/C12H16BrFN2O2S2/c1-19-8-3-2-7(4-8)16-20(17,18)12-5-9(13)10(14)6-11(12)15/h5-8,16H,2-4,15H2,1H3. The van der Waals surface area contributed by atoms with Crippen LogP contribution in [0.25, 0.3) is 0 Å². The van der Waals surface area contributed by atoms with E-state index in [2.05, 4.69) is 20.7 Å². The molecule has 0 bridgehead atoms. The van der Waals surface area contributed by atoms with Gasteiger partial charge in [0.2, 0.25) is 10.0 Å². The van der Waals surface area contributed by atoms with Crippen LogP contribution in [0, 0.1) is 5.82 Å². The molecule has 0 spiro atoms. The second-order valence-corrected chi connectivity index (χ2v) is 8.47. The van der Waals surface area contributed by atoms with Gasteiger partial charge in [-0.15, -0.1) is 0 Å². The number of hydrogen-bond acceptors (Lipinski definition) is 4. The van der Waals surface area contributed by atoms with Gasteiger partial charge in [0.15, 0.2) is 0 Å². The van der Waals surface area contributed by atoms with Gasteiger partial charge in [0.25, 0.3) is 0 Å². The Bertz CT molecular complexity index is 610. The first kappa shape index (κ1) is 16.1. The van der Waals surface area contributed by atoms with Crippen LogP contribution < -0.4 is 10.5 Å². The molecule has 0 radical (unpaired) electrons. The maximum Gasteiger partial charge on any atom is 0.242 e. The molecule has 2 unspecified atom stereocenters. The summed E-state index contributed by atoms with van der Waals surface area (Å²) in [6, 6.07) is 2.13. The average Bonchev–Trinajstić information content (AvgIpc) is 2.80. The summed E-state index contributed by atoms with van der Waals surface area (Å²) >= 11 is 4.73. The van der Waals surface area contributed by atoms with Gasteiger partial charge in [-0.2, -0.15) is 11.8 Å². The van der Waals surface area contributed by atoms with Crippen LogP contribution in [0.3, 0.4) is 0 Å². The van der Waals surface area contributed by atoms with Crippen LogP contribution in [0.1, 0.15) is 19.3 Å². The zero-order valence-corrected chi connectivity index (χ0v) is 14.1. The van der Waals surface area contributed by atoms with Gasteiger partial charge >= 0.3 is 0 Å². The summed E-state index contributed by atoms with van der Waals surface area (Å²) in [5.41, 5.74) is 5.53. The number of nitrogens with one attached hydrogen (secondary N) is 1. The normalized spacial score (nSPS) is 23.1. The maximum atomic E-state index is 13.3. The minimum Gasteiger partial charge on any atom is -0.398 e. The lowest BCUT2D eigenvalue weighted by atomic mass is 10.3. The molecule has 1 fully saturated rings. The number of hydrogen-bond donors (Lipinski definition) is 2. The lowest BCUT2D eigenvalue weighted by molar-refractivity contribution is 0.552. The summed E-state index contributed by atoms with van der Waals surface area (Å²) in [6.07, 6.45) is 4.64. The van der Waals surface area contributed by atoms with E-state index in [4.69, 9.17) is 5.73 Å². The minimum atomic E-state index is -3.73. The van der Waals surface area contributed by atoms with Gasteiger partial charge in [0.1, 0.15) is 10.7 Å². The van der Waals surface area contributed by atoms with E-state index in [9.17, 15) is 12.8 Å². The van der Waals surface area contributed by atoms with Gasteiger partial charge in [-0.3, -0.25) is 0 Å². The monoisotopic (exact) mass is 382 g/mol. The van der Waals surface area contributed by atoms with Crippen LogP contribution in [-0.4, -0.2) is 26.0 Å². The molecule has 0 aliphatic heterocycles. The molecule has 2 atom stereocenters. The first-order valence-corrected chi connectivity index (χ1v) is 9.69. The molecule has 0 aromatic heterocycles. The number of benzene rings is 1. The summed E-state index contributed by atoms with van der Waals surface area (Å²) in [4.78, 5) is -0.0848. The zero-order chi connectivity index (χ0) is 14.9. The third kappa shape index (κ3) is 3.47. The van der Waals surface area contributed by atoms with E-state index < -0.39 is 15.8 Å². The van der Waals surface area contributed by atoms with Crippen molar-refractivity contribution in [2.24, 2.45) is 0 Å². The van der Waals surface area contributed by atoms with E-state index in [1.54, 1.807) is 11.8 Å². The fourth-order valence-electron chi connectivity index (χ4n) is 2.32. The number of thioether (sulfide) groups is 1. The Morgan fingerprint density at radius 3 is 2.75 bits per heavy atom. The van der Waals surface area contributed by atoms with Crippen molar-refractivity contribution in [3.8, 4) is 0 Å². The summed E-state index contributed by atoms with van der Waals surface area (Å²) in [5, 5.41) is 0.486. The van der Waals surface area contributed by atoms with Gasteiger partial charge in [0.05, 0.1) is 10.2 Å². The predicted octanol–water partition coefficient (Wildman–Crippen LogP) is 2.73.